The van der Waals surface area contributed by atoms with E-state index in [1.165, 1.54) is 0 Å². The van der Waals surface area contributed by atoms with Crippen molar-refractivity contribution in [1.82, 2.24) is 4.98 Å². The van der Waals surface area contributed by atoms with Gasteiger partial charge < -0.3 is 10.0 Å². The number of carboxylic acid groups (broad SMARTS) is 1. The van der Waals surface area contributed by atoms with E-state index in [2.05, 4.69) is 4.98 Å². The quantitative estimate of drug-likeness (QED) is 0.824. The Morgan fingerprint density at radius 2 is 2.07 bits per heavy atom. The van der Waals surface area contributed by atoms with Gasteiger partial charge in [0.1, 0.15) is 5.82 Å². The van der Waals surface area contributed by atoms with Crippen molar-refractivity contribution in [3.05, 3.63) is 23.4 Å². The molecule has 0 bridgehead atoms. The second-order valence-electron chi connectivity index (χ2n) is 3.87. The van der Waals surface area contributed by atoms with E-state index >= 15 is 0 Å². The number of aromatic nitrogens is 1. The molecule has 82 valence electrons. The molecule has 0 amide bonds. The second kappa shape index (κ2) is 4.29. The van der Waals surface area contributed by atoms with Crippen molar-refractivity contribution in [3.63, 3.8) is 0 Å². The van der Waals surface area contributed by atoms with Crippen molar-refractivity contribution in [1.29, 1.82) is 0 Å². The third kappa shape index (κ3) is 2.68. The fraction of sp³-hybridized carbons (Fsp3) is 0.455. The summed E-state index contributed by atoms with van der Waals surface area (Å²) in [5.41, 5.74) is 1.00. The molecule has 1 aromatic rings. The average Bonchev–Trinajstić information content (AvgIpc) is 2.15. The first-order chi connectivity index (χ1) is 6.91. The molecule has 1 heterocycles. The minimum atomic E-state index is -0.918. The molecular formula is C11H16N2O2. The molecule has 0 radical (unpaired) electrons. The van der Waals surface area contributed by atoms with Gasteiger partial charge in [0.25, 0.3) is 0 Å². The Labute approximate surface area is 89.6 Å². The topological polar surface area (TPSA) is 53.4 Å². The smallest absolute Gasteiger partial charge is 0.335 e. The fourth-order valence-electron chi connectivity index (χ4n) is 1.22. The molecule has 1 rings (SSSR count). The summed E-state index contributed by atoms with van der Waals surface area (Å²) >= 11 is 0. The van der Waals surface area contributed by atoms with E-state index in [1.54, 1.807) is 19.1 Å². The van der Waals surface area contributed by atoms with Gasteiger partial charge in [-0.2, -0.15) is 0 Å². The first-order valence-electron chi connectivity index (χ1n) is 4.86. The second-order valence-corrected chi connectivity index (χ2v) is 3.87. The summed E-state index contributed by atoms with van der Waals surface area (Å²) in [6.07, 6.45) is 0. The van der Waals surface area contributed by atoms with Gasteiger partial charge in [0, 0.05) is 18.8 Å². The lowest BCUT2D eigenvalue weighted by molar-refractivity contribution is 0.0696. The molecule has 15 heavy (non-hydrogen) atoms. The van der Waals surface area contributed by atoms with E-state index in [1.807, 2.05) is 25.8 Å². The molecule has 4 nitrogen and oxygen atoms in total. The minimum Gasteiger partial charge on any atom is -0.478 e. The molecular weight excluding hydrogens is 192 g/mol. The lowest BCUT2D eigenvalue weighted by Crippen LogP contribution is -2.27. The van der Waals surface area contributed by atoms with Crippen LogP contribution in [0.2, 0.25) is 0 Å². The number of hydrogen-bond acceptors (Lipinski definition) is 3. The molecule has 1 aromatic heterocycles. The first kappa shape index (κ1) is 11.5. The Hall–Kier alpha value is -1.58. The zero-order valence-corrected chi connectivity index (χ0v) is 9.48. The van der Waals surface area contributed by atoms with Gasteiger partial charge in [-0.05, 0) is 32.9 Å². The maximum atomic E-state index is 10.9. The summed E-state index contributed by atoms with van der Waals surface area (Å²) in [7, 11) is 1.90. The molecule has 0 aliphatic carbocycles. The molecule has 0 saturated carbocycles. The number of pyridine rings is 1. The molecule has 0 aromatic carbocycles. The van der Waals surface area contributed by atoms with Crippen LogP contribution < -0.4 is 4.90 Å². The zero-order chi connectivity index (χ0) is 11.6. The monoisotopic (exact) mass is 208 g/mol. The van der Waals surface area contributed by atoms with Crippen LogP contribution in [0.3, 0.4) is 0 Å². The third-order valence-corrected chi connectivity index (χ3v) is 2.32. The number of nitrogens with zero attached hydrogens (tertiary/aromatic N) is 2. The minimum absolute atomic E-state index is 0.282. The number of anilines is 1. The molecule has 0 aliphatic heterocycles. The highest BCUT2D eigenvalue weighted by Gasteiger charge is 2.11. The summed E-state index contributed by atoms with van der Waals surface area (Å²) < 4.78 is 0. The van der Waals surface area contributed by atoms with Gasteiger partial charge in [0.05, 0.1) is 5.56 Å². The number of rotatable bonds is 3. The highest BCUT2D eigenvalue weighted by molar-refractivity contribution is 5.88. The Bertz CT molecular complexity index is 375. The lowest BCUT2D eigenvalue weighted by Gasteiger charge is -2.23. The van der Waals surface area contributed by atoms with Crippen LogP contribution in [0.4, 0.5) is 5.82 Å². The average molecular weight is 208 g/mol. The normalized spacial score (nSPS) is 10.5. The van der Waals surface area contributed by atoms with Crippen molar-refractivity contribution >= 4 is 11.8 Å². The van der Waals surface area contributed by atoms with Gasteiger partial charge in [-0.1, -0.05) is 0 Å². The number of aryl methyl sites for hydroxylation is 1. The van der Waals surface area contributed by atoms with Gasteiger partial charge >= 0.3 is 5.97 Å². The van der Waals surface area contributed by atoms with Crippen molar-refractivity contribution in [3.8, 4) is 0 Å². The van der Waals surface area contributed by atoms with Gasteiger partial charge in [-0.3, -0.25) is 0 Å². The highest BCUT2D eigenvalue weighted by Crippen LogP contribution is 2.15. The van der Waals surface area contributed by atoms with Crippen LogP contribution in [-0.4, -0.2) is 29.1 Å². The van der Waals surface area contributed by atoms with Gasteiger partial charge in [0.15, 0.2) is 0 Å². The van der Waals surface area contributed by atoms with Crippen LogP contribution in [0.5, 0.6) is 0 Å². The molecule has 0 fully saturated rings. The van der Waals surface area contributed by atoms with Crippen molar-refractivity contribution in [2.75, 3.05) is 11.9 Å². The predicted molar refractivity (Wildman–Crippen MR) is 59.5 cm³/mol. The highest BCUT2D eigenvalue weighted by atomic mass is 16.4. The number of hydrogen-bond donors (Lipinski definition) is 1. The van der Waals surface area contributed by atoms with E-state index in [0.29, 0.717) is 11.9 Å². The van der Waals surface area contributed by atoms with Crippen LogP contribution >= 0.6 is 0 Å². The van der Waals surface area contributed by atoms with Crippen LogP contribution in [0.1, 0.15) is 29.9 Å². The maximum absolute atomic E-state index is 10.9. The first-order valence-corrected chi connectivity index (χ1v) is 4.86. The molecule has 0 unspecified atom stereocenters. The predicted octanol–water partition coefficient (Wildman–Crippen LogP) is 1.93. The third-order valence-electron chi connectivity index (χ3n) is 2.32. The van der Waals surface area contributed by atoms with Crippen LogP contribution in [-0.2, 0) is 0 Å². The Morgan fingerprint density at radius 3 is 2.53 bits per heavy atom. The fourth-order valence-corrected chi connectivity index (χ4v) is 1.22. The van der Waals surface area contributed by atoms with E-state index in [4.69, 9.17) is 5.11 Å². The molecule has 0 aliphatic rings. The van der Waals surface area contributed by atoms with Gasteiger partial charge in [-0.25, -0.2) is 9.78 Å². The largest absolute Gasteiger partial charge is 0.478 e. The van der Waals surface area contributed by atoms with Crippen LogP contribution in [0, 0.1) is 6.92 Å². The summed E-state index contributed by atoms with van der Waals surface area (Å²) in [5, 5.41) is 8.91. The number of aromatic carboxylic acids is 1. The molecule has 1 N–H and O–H groups in total. The SMILES string of the molecule is Cc1cc(C(=O)O)cc(N(C)C(C)C)n1. The Morgan fingerprint density at radius 1 is 1.47 bits per heavy atom. The van der Waals surface area contributed by atoms with Crippen molar-refractivity contribution < 1.29 is 9.90 Å². The van der Waals surface area contributed by atoms with E-state index in [-0.39, 0.29) is 5.56 Å². The Kier molecular flexibility index (Phi) is 3.29. The van der Waals surface area contributed by atoms with Crippen LogP contribution in [0.15, 0.2) is 12.1 Å². The molecule has 0 atom stereocenters. The van der Waals surface area contributed by atoms with E-state index < -0.39 is 5.97 Å². The van der Waals surface area contributed by atoms with E-state index in [0.717, 1.165) is 5.69 Å². The summed E-state index contributed by atoms with van der Waals surface area (Å²) in [4.78, 5) is 17.1. The van der Waals surface area contributed by atoms with Gasteiger partial charge in [-0.15, -0.1) is 0 Å². The number of carbonyl (C=O) groups is 1. The maximum Gasteiger partial charge on any atom is 0.335 e. The van der Waals surface area contributed by atoms with E-state index in [9.17, 15) is 4.79 Å². The summed E-state index contributed by atoms with van der Waals surface area (Å²) in [6.45, 7) is 5.86. The van der Waals surface area contributed by atoms with Crippen LogP contribution in [0.25, 0.3) is 0 Å². The van der Waals surface area contributed by atoms with Gasteiger partial charge in [0.2, 0.25) is 0 Å². The molecule has 0 saturated heterocycles. The number of carboxylic acids is 1. The Balaban J connectivity index is 3.14. The zero-order valence-electron chi connectivity index (χ0n) is 9.48. The molecule has 4 heteroatoms. The van der Waals surface area contributed by atoms with Crippen molar-refractivity contribution in [2.24, 2.45) is 0 Å². The lowest BCUT2D eigenvalue weighted by atomic mass is 10.2. The molecule has 0 spiro atoms. The summed E-state index contributed by atoms with van der Waals surface area (Å²) in [5.74, 6) is -0.221. The standard InChI is InChI=1S/C11H16N2O2/c1-7(2)13(4)10-6-9(11(14)15)5-8(3)12-10/h5-7H,1-4H3,(H,14,15). The van der Waals surface area contributed by atoms with Crippen molar-refractivity contribution in [2.45, 2.75) is 26.8 Å². The summed E-state index contributed by atoms with van der Waals surface area (Å²) in [6, 6.07) is 3.45.